The van der Waals surface area contributed by atoms with Gasteiger partial charge in [-0.2, -0.15) is 0 Å². The lowest BCUT2D eigenvalue weighted by Gasteiger charge is -2.36. The molecule has 3 N–H and O–H groups in total. The summed E-state index contributed by atoms with van der Waals surface area (Å²) < 4.78 is 0. The molecule has 1 unspecified atom stereocenters. The maximum Gasteiger partial charge on any atom is 0.0992 e. The third-order valence-corrected chi connectivity index (χ3v) is 2.19. The molecule has 3 nitrogen and oxygen atoms in total. The van der Waals surface area contributed by atoms with Crippen molar-refractivity contribution in [2.45, 2.75) is 25.4 Å². The third kappa shape index (κ3) is 2.19. The molecule has 0 heterocycles. The van der Waals surface area contributed by atoms with Gasteiger partial charge in [-0.15, -0.1) is 6.42 Å². The van der Waals surface area contributed by atoms with Crippen LogP contribution in [0.4, 0.5) is 0 Å². The summed E-state index contributed by atoms with van der Waals surface area (Å²) in [4.78, 5) is 2.04. The molecule has 0 aromatic heterocycles. The zero-order valence-electron chi connectivity index (χ0n) is 7.68. The van der Waals surface area contributed by atoms with E-state index in [0.717, 1.165) is 0 Å². The van der Waals surface area contributed by atoms with E-state index in [1.165, 1.54) is 0 Å². The molecule has 0 aliphatic carbocycles. The first kappa shape index (κ1) is 10.4. The van der Waals surface area contributed by atoms with Crippen LogP contribution in [0.25, 0.3) is 0 Å². The van der Waals surface area contributed by atoms with Gasteiger partial charge in [0.2, 0.25) is 0 Å². The highest BCUT2D eigenvalue weighted by molar-refractivity contribution is 5.09. The molecule has 0 aliphatic heterocycles. The highest BCUT2D eigenvalue weighted by Crippen LogP contribution is 2.13. The summed E-state index contributed by atoms with van der Waals surface area (Å²) in [5.74, 6) is 7.88. The van der Waals surface area contributed by atoms with E-state index in [4.69, 9.17) is 12.3 Å². The summed E-state index contributed by atoms with van der Waals surface area (Å²) in [6.07, 6.45) is 5.29. The zero-order valence-corrected chi connectivity index (χ0v) is 7.68. The van der Waals surface area contributed by atoms with Gasteiger partial charge in [-0.1, -0.05) is 5.92 Å². The van der Waals surface area contributed by atoms with E-state index >= 15 is 0 Å². The Balaban J connectivity index is 4.40. The van der Waals surface area contributed by atoms with Crippen LogP contribution in [0, 0.1) is 12.3 Å². The average Bonchev–Trinajstić information content (AvgIpc) is 1.89. The summed E-state index contributed by atoms with van der Waals surface area (Å²) in [5.41, 5.74) is 2.47. The van der Waals surface area contributed by atoms with Crippen LogP contribution in [0.5, 0.6) is 0 Å². The topological polar surface area (TPSA) is 41.3 Å². The molecule has 0 saturated carbocycles. The molecule has 0 bridgehead atoms. The van der Waals surface area contributed by atoms with E-state index in [0.29, 0.717) is 0 Å². The quantitative estimate of drug-likeness (QED) is 0.337. The number of hydrogen-bond acceptors (Lipinski definition) is 3. The number of hydrogen-bond donors (Lipinski definition) is 2. The molecule has 0 spiro atoms. The Morgan fingerprint density at radius 1 is 1.55 bits per heavy atom. The van der Waals surface area contributed by atoms with E-state index in [-0.39, 0.29) is 11.6 Å². The van der Waals surface area contributed by atoms with Crippen molar-refractivity contribution in [1.82, 2.24) is 10.3 Å². The van der Waals surface area contributed by atoms with Crippen LogP contribution in [0.3, 0.4) is 0 Å². The standard InChI is InChI=1S/C8H17N3/c1-6-7(10-9)8(2,3)11(4)5/h1,7,10H,9H2,2-5H3. The fraction of sp³-hybridized carbons (Fsp3) is 0.750. The number of rotatable bonds is 3. The number of nitrogens with one attached hydrogen (secondary N) is 1. The molecule has 0 fully saturated rings. The van der Waals surface area contributed by atoms with Crippen LogP contribution in [0.1, 0.15) is 13.8 Å². The lowest BCUT2D eigenvalue weighted by molar-refractivity contribution is 0.164. The predicted octanol–water partition coefficient (Wildman–Crippen LogP) is -0.208. The molecule has 0 aliphatic rings. The molecule has 3 heteroatoms. The second-order valence-corrected chi connectivity index (χ2v) is 3.31. The minimum atomic E-state index is -0.127. The number of likely N-dealkylation sites (N-methyl/N-ethyl adjacent to an activating group) is 1. The average molecular weight is 155 g/mol. The fourth-order valence-electron chi connectivity index (χ4n) is 0.714. The summed E-state index contributed by atoms with van der Waals surface area (Å²) in [5, 5.41) is 0. The normalized spacial score (nSPS) is 14.6. The lowest BCUT2D eigenvalue weighted by atomic mass is 9.94. The summed E-state index contributed by atoms with van der Waals surface area (Å²) in [7, 11) is 3.95. The van der Waals surface area contributed by atoms with Crippen molar-refractivity contribution in [1.29, 1.82) is 0 Å². The predicted molar refractivity (Wildman–Crippen MR) is 47.7 cm³/mol. The maximum atomic E-state index is 5.29. The van der Waals surface area contributed by atoms with Crippen LogP contribution in [0.2, 0.25) is 0 Å². The molecule has 0 amide bonds. The van der Waals surface area contributed by atoms with E-state index in [1.807, 2.05) is 32.8 Å². The molecule has 0 saturated heterocycles. The van der Waals surface area contributed by atoms with Gasteiger partial charge in [0, 0.05) is 5.54 Å². The van der Waals surface area contributed by atoms with Gasteiger partial charge in [-0.25, -0.2) is 5.43 Å². The van der Waals surface area contributed by atoms with Crippen molar-refractivity contribution < 1.29 is 0 Å². The summed E-state index contributed by atoms with van der Waals surface area (Å²) in [6.45, 7) is 4.08. The van der Waals surface area contributed by atoms with Gasteiger partial charge >= 0.3 is 0 Å². The molecule has 0 rings (SSSR count). The van der Waals surface area contributed by atoms with Gasteiger partial charge in [0.1, 0.15) is 0 Å². The Morgan fingerprint density at radius 3 is 2.09 bits per heavy atom. The number of nitrogens with zero attached hydrogens (tertiary/aromatic N) is 1. The first-order valence-corrected chi connectivity index (χ1v) is 3.56. The van der Waals surface area contributed by atoms with Gasteiger partial charge in [-0.05, 0) is 27.9 Å². The van der Waals surface area contributed by atoms with Gasteiger partial charge in [-0.3, -0.25) is 5.84 Å². The van der Waals surface area contributed by atoms with Crippen LogP contribution < -0.4 is 11.3 Å². The highest BCUT2D eigenvalue weighted by atomic mass is 15.3. The molecule has 11 heavy (non-hydrogen) atoms. The van der Waals surface area contributed by atoms with Crippen molar-refractivity contribution in [3.8, 4) is 12.3 Å². The molecule has 64 valence electrons. The van der Waals surface area contributed by atoms with E-state index in [2.05, 4.69) is 11.3 Å². The molecule has 0 aromatic carbocycles. The maximum absolute atomic E-state index is 5.29. The Kier molecular flexibility index (Phi) is 3.53. The van der Waals surface area contributed by atoms with Crippen LogP contribution in [-0.2, 0) is 0 Å². The number of hydrazine groups is 1. The second-order valence-electron chi connectivity index (χ2n) is 3.31. The van der Waals surface area contributed by atoms with Crippen molar-refractivity contribution in [2.75, 3.05) is 14.1 Å². The molecular weight excluding hydrogens is 138 g/mol. The number of terminal acetylenes is 1. The Morgan fingerprint density at radius 2 is 2.00 bits per heavy atom. The first-order chi connectivity index (χ1) is 4.96. The van der Waals surface area contributed by atoms with Crippen LogP contribution >= 0.6 is 0 Å². The molecular formula is C8H17N3. The van der Waals surface area contributed by atoms with Gasteiger partial charge in [0.15, 0.2) is 0 Å². The number of nitrogens with two attached hydrogens (primary N) is 1. The van der Waals surface area contributed by atoms with Crippen LogP contribution in [0.15, 0.2) is 0 Å². The highest BCUT2D eigenvalue weighted by Gasteiger charge is 2.28. The van der Waals surface area contributed by atoms with Gasteiger partial charge in [0.05, 0.1) is 6.04 Å². The summed E-state index contributed by atoms with van der Waals surface area (Å²) in [6, 6.07) is -0.127. The lowest BCUT2D eigenvalue weighted by Crippen LogP contribution is -2.56. The molecule has 0 radical (unpaired) electrons. The van der Waals surface area contributed by atoms with Crippen molar-refractivity contribution in [2.24, 2.45) is 5.84 Å². The SMILES string of the molecule is C#CC(NN)C(C)(C)N(C)C. The smallest absolute Gasteiger partial charge is 0.0992 e. The van der Waals surface area contributed by atoms with E-state index in [9.17, 15) is 0 Å². The van der Waals surface area contributed by atoms with Crippen molar-refractivity contribution >= 4 is 0 Å². The molecule has 1 atom stereocenters. The monoisotopic (exact) mass is 155 g/mol. The van der Waals surface area contributed by atoms with Gasteiger partial charge in [0.25, 0.3) is 0 Å². The third-order valence-electron chi connectivity index (χ3n) is 2.19. The van der Waals surface area contributed by atoms with E-state index < -0.39 is 0 Å². The largest absolute Gasteiger partial charge is 0.302 e. The van der Waals surface area contributed by atoms with Crippen molar-refractivity contribution in [3.63, 3.8) is 0 Å². The minimum Gasteiger partial charge on any atom is -0.302 e. The Hall–Kier alpha value is -0.560. The van der Waals surface area contributed by atoms with Crippen molar-refractivity contribution in [3.05, 3.63) is 0 Å². The zero-order chi connectivity index (χ0) is 9.07. The summed E-state index contributed by atoms with van der Waals surface area (Å²) >= 11 is 0. The fourth-order valence-corrected chi connectivity index (χ4v) is 0.714. The Bertz CT molecular complexity index is 155. The second kappa shape index (κ2) is 3.72. The Labute approximate surface area is 68.9 Å². The minimum absolute atomic E-state index is 0.122. The van der Waals surface area contributed by atoms with E-state index in [1.54, 1.807) is 0 Å². The molecule has 0 aromatic rings. The van der Waals surface area contributed by atoms with Gasteiger partial charge < -0.3 is 4.90 Å². The van der Waals surface area contributed by atoms with Crippen LogP contribution in [-0.4, -0.2) is 30.6 Å². The first-order valence-electron chi connectivity index (χ1n) is 3.56.